The van der Waals surface area contributed by atoms with Crippen LogP contribution in [0.4, 0.5) is 5.69 Å². The number of ether oxygens (including phenoxy) is 1. The third-order valence-corrected chi connectivity index (χ3v) is 4.11. The van der Waals surface area contributed by atoms with E-state index in [2.05, 4.69) is 5.32 Å². The molecule has 0 unspecified atom stereocenters. The molecule has 0 aliphatic heterocycles. The number of rotatable bonds is 5. The van der Waals surface area contributed by atoms with Crippen LogP contribution in [0.3, 0.4) is 0 Å². The number of aromatic carboxylic acids is 1. The Morgan fingerprint density at radius 2 is 1.57 bits per heavy atom. The van der Waals surface area contributed by atoms with Gasteiger partial charge in [0, 0.05) is 15.6 Å². The third kappa shape index (κ3) is 4.54. The van der Waals surface area contributed by atoms with E-state index < -0.39 is 23.2 Å². The molecule has 3 rings (SSSR count). The topological polar surface area (TPSA) is 95.9 Å². The Hall–Kier alpha value is -3.22. The first-order chi connectivity index (χ1) is 13.3. The van der Waals surface area contributed by atoms with E-state index in [0.29, 0.717) is 21.5 Å². The van der Waals surface area contributed by atoms with Crippen LogP contribution in [0.1, 0.15) is 20.7 Å². The molecule has 0 atom stereocenters. The Labute approximate surface area is 169 Å². The van der Waals surface area contributed by atoms with E-state index in [1.54, 1.807) is 30.3 Å². The van der Waals surface area contributed by atoms with Crippen LogP contribution in [0.15, 0.2) is 60.7 Å². The van der Waals surface area contributed by atoms with Gasteiger partial charge in [-0.05, 0) is 48.5 Å². The van der Waals surface area contributed by atoms with Gasteiger partial charge in [0.15, 0.2) is 0 Å². The van der Waals surface area contributed by atoms with Gasteiger partial charge < -0.3 is 20.3 Å². The Morgan fingerprint density at radius 1 is 0.893 bits per heavy atom. The first-order valence-electron chi connectivity index (χ1n) is 7.94. The number of carbonyl (C=O) groups excluding carboxylic acids is 1. The van der Waals surface area contributed by atoms with E-state index in [1.165, 1.54) is 30.3 Å². The van der Waals surface area contributed by atoms with Crippen molar-refractivity contribution in [3.63, 3.8) is 0 Å². The molecule has 0 heterocycles. The molecule has 3 N–H and O–H groups in total. The monoisotopic (exact) mass is 417 g/mol. The van der Waals surface area contributed by atoms with Gasteiger partial charge in [-0.3, -0.25) is 4.79 Å². The number of hydrogen-bond acceptors (Lipinski definition) is 4. The summed E-state index contributed by atoms with van der Waals surface area (Å²) < 4.78 is 5.68. The smallest absolute Gasteiger partial charge is 0.341 e. The molecule has 0 aromatic heterocycles. The minimum absolute atomic E-state index is 0.0227. The second-order valence-corrected chi connectivity index (χ2v) is 6.57. The number of aromatic hydroxyl groups is 1. The molecule has 0 aliphatic carbocycles. The highest BCUT2D eigenvalue weighted by Crippen LogP contribution is 2.29. The maximum Gasteiger partial charge on any atom is 0.341 e. The summed E-state index contributed by atoms with van der Waals surface area (Å²) in [4.78, 5) is 23.8. The number of halogens is 2. The highest BCUT2D eigenvalue weighted by molar-refractivity contribution is 6.34. The number of nitrogens with one attached hydrogen (secondary N) is 1. The summed E-state index contributed by atoms with van der Waals surface area (Å²) >= 11 is 11.9. The zero-order valence-electron chi connectivity index (χ0n) is 14.1. The average Bonchev–Trinajstić information content (AvgIpc) is 2.60. The summed E-state index contributed by atoms with van der Waals surface area (Å²) in [7, 11) is 0. The summed E-state index contributed by atoms with van der Waals surface area (Å²) in [6.45, 7) is 0. The molecule has 0 fully saturated rings. The lowest BCUT2D eigenvalue weighted by Gasteiger charge is -2.11. The molecule has 3 aromatic carbocycles. The standard InChI is InChI=1S/C20H13Cl2NO5/c21-12-8-13(22)10-15(9-12)28-14-4-1-3-11(7-14)19(25)23-16-5-2-6-17(24)18(16)20(26)27/h1-10,24H,(H,23,25)(H,26,27). The van der Waals surface area contributed by atoms with Crippen molar-refractivity contribution in [2.75, 3.05) is 5.32 Å². The number of amides is 1. The SMILES string of the molecule is O=C(Nc1cccc(O)c1C(=O)O)c1cccc(Oc2cc(Cl)cc(Cl)c2)c1. The van der Waals surface area contributed by atoms with Gasteiger partial charge in [0.05, 0.1) is 5.69 Å². The molecule has 1 amide bonds. The fourth-order valence-corrected chi connectivity index (χ4v) is 2.99. The lowest BCUT2D eigenvalue weighted by atomic mass is 10.1. The molecule has 6 nitrogen and oxygen atoms in total. The predicted molar refractivity (Wildman–Crippen MR) is 106 cm³/mol. The van der Waals surface area contributed by atoms with Gasteiger partial charge in [-0.25, -0.2) is 4.79 Å². The zero-order valence-corrected chi connectivity index (χ0v) is 15.7. The lowest BCUT2D eigenvalue weighted by molar-refractivity contribution is 0.0695. The summed E-state index contributed by atoms with van der Waals surface area (Å²) in [6, 6.07) is 15.0. The van der Waals surface area contributed by atoms with Gasteiger partial charge in [-0.15, -0.1) is 0 Å². The van der Waals surface area contributed by atoms with Crippen LogP contribution in [0, 0.1) is 0 Å². The first-order valence-corrected chi connectivity index (χ1v) is 8.70. The number of benzene rings is 3. The van der Waals surface area contributed by atoms with Crippen LogP contribution in [-0.4, -0.2) is 22.1 Å². The number of carboxylic acids is 1. The Bertz CT molecular complexity index is 1050. The molecular formula is C20H13Cl2NO5. The summed E-state index contributed by atoms with van der Waals surface area (Å²) in [6.07, 6.45) is 0. The van der Waals surface area contributed by atoms with Crippen LogP contribution < -0.4 is 10.1 Å². The van der Waals surface area contributed by atoms with Crippen molar-refractivity contribution >= 4 is 40.8 Å². The van der Waals surface area contributed by atoms with Crippen LogP contribution in [0.5, 0.6) is 17.2 Å². The van der Waals surface area contributed by atoms with E-state index >= 15 is 0 Å². The molecule has 3 aromatic rings. The van der Waals surface area contributed by atoms with E-state index in [1.807, 2.05) is 0 Å². The van der Waals surface area contributed by atoms with Crippen LogP contribution in [0.25, 0.3) is 0 Å². The molecule has 0 bridgehead atoms. The number of carbonyl (C=O) groups is 2. The maximum absolute atomic E-state index is 12.5. The van der Waals surface area contributed by atoms with E-state index in [0.717, 1.165) is 0 Å². The molecule has 0 aliphatic rings. The van der Waals surface area contributed by atoms with Gasteiger partial charge in [0.25, 0.3) is 5.91 Å². The molecular weight excluding hydrogens is 405 g/mol. The van der Waals surface area contributed by atoms with Crippen molar-refractivity contribution in [1.82, 2.24) is 0 Å². The fraction of sp³-hybridized carbons (Fsp3) is 0. The van der Waals surface area contributed by atoms with Crippen LogP contribution in [-0.2, 0) is 0 Å². The normalized spacial score (nSPS) is 10.4. The number of anilines is 1. The lowest BCUT2D eigenvalue weighted by Crippen LogP contribution is -2.15. The summed E-state index contributed by atoms with van der Waals surface area (Å²) in [5, 5.41) is 22.2. The molecule has 142 valence electrons. The number of hydrogen-bond donors (Lipinski definition) is 3. The maximum atomic E-state index is 12.5. The highest BCUT2D eigenvalue weighted by atomic mass is 35.5. The molecule has 0 saturated carbocycles. The van der Waals surface area contributed by atoms with Gasteiger partial charge in [-0.1, -0.05) is 35.3 Å². The largest absolute Gasteiger partial charge is 0.507 e. The molecule has 0 saturated heterocycles. The van der Waals surface area contributed by atoms with E-state index in [-0.39, 0.29) is 11.3 Å². The second-order valence-electron chi connectivity index (χ2n) is 5.69. The summed E-state index contributed by atoms with van der Waals surface area (Å²) in [5.41, 5.74) is -0.187. The van der Waals surface area contributed by atoms with Gasteiger partial charge in [0.2, 0.25) is 0 Å². The van der Waals surface area contributed by atoms with E-state index in [4.69, 9.17) is 27.9 Å². The van der Waals surface area contributed by atoms with Crippen molar-refractivity contribution in [3.05, 3.63) is 81.8 Å². The molecule has 8 heteroatoms. The van der Waals surface area contributed by atoms with Crippen LogP contribution in [0.2, 0.25) is 10.0 Å². The van der Waals surface area contributed by atoms with Gasteiger partial charge >= 0.3 is 5.97 Å². The molecule has 28 heavy (non-hydrogen) atoms. The Balaban J connectivity index is 1.83. The van der Waals surface area contributed by atoms with Crippen molar-refractivity contribution in [3.8, 4) is 17.2 Å². The Morgan fingerprint density at radius 3 is 2.25 bits per heavy atom. The zero-order chi connectivity index (χ0) is 20.3. The predicted octanol–water partition coefficient (Wildman–Crippen LogP) is 5.44. The van der Waals surface area contributed by atoms with Crippen molar-refractivity contribution in [2.24, 2.45) is 0 Å². The number of carboxylic acid groups (broad SMARTS) is 1. The summed E-state index contributed by atoms with van der Waals surface area (Å²) in [5.74, 6) is -1.61. The Kier molecular flexibility index (Phi) is 5.73. The fourth-order valence-electron chi connectivity index (χ4n) is 2.49. The second kappa shape index (κ2) is 8.21. The van der Waals surface area contributed by atoms with Gasteiger partial charge in [-0.2, -0.15) is 0 Å². The van der Waals surface area contributed by atoms with Crippen molar-refractivity contribution in [2.45, 2.75) is 0 Å². The number of phenols is 1. The third-order valence-electron chi connectivity index (χ3n) is 3.67. The van der Waals surface area contributed by atoms with Crippen LogP contribution >= 0.6 is 23.2 Å². The first kappa shape index (κ1) is 19.5. The quantitative estimate of drug-likeness (QED) is 0.513. The van der Waals surface area contributed by atoms with E-state index in [9.17, 15) is 19.8 Å². The molecule has 0 spiro atoms. The average molecular weight is 418 g/mol. The minimum Gasteiger partial charge on any atom is -0.507 e. The molecule has 0 radical (unpaired) electrons. The van der Waals surface area contributed by atoms with Gasteiger partial charge in [0.1, 0.15) is 22.8 Å². The van der Waals surface area contributed by atoms with Crippen molar-refractivity contribution in [1.29, 1.82) is 0 Å². The minimum atomic E-state index is -1.36. The highest BCUT2D eigenvalue weighted by Gasteiger charge is 2.17. The van der Waals surface area contributed by atoms with Crippen molar-refractivity contribution < 1.29 is 24.5 Å².